The molecular formula is C21H23F3N2O4. The highest BCUT2D eigenvalue weighted by atomic mass is 19.4. The summed E-state index contributed by atoms with van der Waals surface area (Å²) in [5.41, 5.74) is -0.425. The van der Waals surface area contributed by atoms with Gasteiger partial charge in [-0.2, -0.15) is 13.2 Å². The molecule has 0 spiro atoms. The molecule has 30 heavy (non-hydrogen) atoms. The van der Waals surface area contributed by atoms with Gasteiger partial charge in [0.25, 0.3) is 0 Å². The Balaban J connectivity index is 2.29. The molecule has 1 unspecified atom stereocenters. The van der Waals surface area contributed by atoms with Crippen LogP contribution in [-0.4, -0.2) is 22.6 Å². The van der Waals surface area contributed by atoms with Crippen LogP contribution in [0.5, 0.6) is 5.75 Å². The molecule has 0 aliphatic heterocycles. The first-order chi connectivity index (χ1) is 13.8. The van der Waals surface area contributed by atoms with Crippen molar-refractivity contribution < 1.29 is 32.6 Å². The monoisotopic (exact) mass is 424 g/mol. The van der Waals surface area contributed by atoms with Crippen molar-refractivity contribution in [1.82, 2.24) is 5.32 Å². The van der Waals surface area contributed by atoms with E-state index in [9.17, 15) is 27.9 Å². The van der Waals surface area contributed by atoms with Crippen molar-refractivity contribution in [2.24, 2.45) is 0 Å². The molecule has 0 fully saturated rings. The molecule has 2 aromatic rings. The first kappa shape index (κ1) is 23.1. The number of carbonyl (C=O) groups excluding carboxylic acids is 1. The number of ether oxygens (including phenoxy) is 1. The Morgan fingerprint density at radius 2 is 1.70 bits per heavy atom. The first-order valence-electron chi connectivity index (χ1n) is 9.03. The normalized spacial score (nSPS) is 12.8. The number of aliphatic carboxylic acids is 1. The number of hydrogen-bond donors (Lipinski definition) is 3. The number of nitrogens with one attached hydrogen (secondary N) is 2. The van der Waals surface area contributed by atoms with Crippen molar-refractivity contribution in [2.75, 3.05) is 5.32 Å². The maximum Gasteiger partial charge on any atom is 0.419 e. The maximum absolute atomic E-state index is 13.2. The van der Waals surface area contributed by atoms with Crippen molar-refractivity contribution in [3.63, 3.8) is 0 Å². The SMILES string of the molecule is Cc1cc(C(Oc2ccccc2C(F)(F)F)C(=O)O)ccc1NC(=O)NC(C)(C)C. The summed E-state index contributed by atoms with van der Waals surface area (Å²) < 4.78 is 44.8. The zero-order chi connectivity index (χ0) is 22.7. The zero-order valence-corrected chi connectivity index (χ0v) is 16.9. The second-order valence-electron chi connectivity index (χ2n) is 7.73. The summed E-state index contributed by atoms with van der Waals surface area (Å²) in [5, 5.41) is 14.9. The number of carboxylic acids is 1. The number of aryl methyl sites for hydroxylation is 1. The first-order valence-corrected chi connectivity index (χ1v) is 9.03. The van der Waals surface area contributed by atoms with Crippen LogP contribution < -0.4 is 15.4 Å². The van der Waals surface area contributed by atoms with Crippen LogP contribution in [-0.2, 0) is 11.0 Å². The Morgan fingerprint density at radius 3 is 2.23 bits per heavy atom. The highest BCUT2D eigenvalue weighted by Crippen LogP contribution is 2.38. The highest BCUT2D eigenvalue weighted by Gasteiger charge is 2.35. The van der Waals surface area contributed by atoms with E-state index < -0.39 is 41.1 Å². The van der Waals surface area contributed by atoms with Gasteiger partial charge >= 0.3 is 18.2 Å². The van der Waals surface area contributed by atoms with E-state index >= 15 is 0 Å². The fraction of sp³-hybridized carbons (Fsp3) is 0.333. The van der Waals surface area contributed by atoms with E-state index in [1.165, 1.54) is 30.3 Å². The minimum atomic E-state index is -4.69. The summed E-state index contributed by atoms with van der Waals surface area (Å²) in [6, 6.07) is 8.27. The van der Waals surface area contributed by atoms with Crippen LogP contribution in [0.2, 0.25) is 0 Å². The third-order valence-corrected chi connectivity index (χ3v) is 3.95. The van der Waals surface area contributed by atoms with Crippen LogP contribution in [0.1, 0.15) is 43.6 Å². The molecule has 6 nitrogen and oxygen atoms in total. The van der Waals surface area contributed by atoms with E-state index in [4.69, 9.17) is 4.74 Å². The van der Waals surface area contributed by atoms with Gasteiger partial charge in [-0.05, 0) is 57.5 Å². The molecule has 0 aliphatic carbocycles. The highest BCUT2D eigenvalue weighted by molar-refractivity contribution is 5.90. The molecule has 2 aromatic carbocycles. The van der Waals surface area contributed by atoms with Crippen LogP contribution in [0.25, 0.3) is 0 Å². The smallest absolute Gasteiger partial charge is 0.419 e. The van der Waals surface area contributed by atoms with Crippen molar-refractivity contribution in [3.05, 3.63) is 59.2 Å². The van der Waals surface area contributed by atoms with Crippen molar-refractivity contribution >= 4 is 17.7 Å². The van der Waals surface area contributed by atoms with Gasteiger partial charge in [-0.3, -0.25) is 0 Å². The van der Waals surface area contributed by atoms with Crippen molar-refractivity contribution in [1.29, 1.82) is 0 Å². The fourth-order valence-corrected chi connectivity index (χ4v) is 2.68. The third-order valence-electron chi connectivity index (χ3n) is 3.95. The topological polar surface area (TPSA) is 87.7 Å². The molecule has 3 N–H and O–H groups in total. The second kappa shape index (κ2) is 8.64. The lowest BCUT2D eigenvalue weighted by atomic mass is 10.0. The number of carbonyl (C=O) groups is 2. The summed E-state index contributed by atoms with van der Waals surface area (Å²) in [6.07, 6.45) is -6.35. The van der Waals surface area contributed by atoms with Gasteiger partial charge in [-0.15, -0.1) is 0 Å². The molecule has 0 aliphatic rings. The van der Waals surface area contributed by atoms with Crippen LogP contribution in [0.3, 0.4) is 0 Å². The second-order valence-corrected chi connectivity index (χ2v) is 7.73. The summed E-state index contributed by atoms with van der Waals surface area (Å²) in [7, 11) is 0. The van der Waals surface area contributed by atoms with E-state index in [1.54, 1.807) is 6.92 Å². The zero-order valence-electron chi connectivity index (χ0n) is 16.9. The number of benzene rings is 2. The number of amides is 2. The van der Waals surface area contributed by atoms with E-state index in [2.05, 4.69) is 10.6 Å². The van der Waals surface area contributed by atoms with Crippen LogP contribution >= 0.6 is 0 Å². The van der Waals surface area contributed by atoms with Gasteiger partial charge < -0.3 is 20.5 Å². The van der Waals surface area contributed by atoms with Crippen LogP contribution in [0.4, 0.5) is 23.7 Å². The number of alkyl halides is 3. The van der Waals surface area contributed by atoms with Gasteiger partial charge in [-0.25, -0.2) is 9.59 Å². The maximum atomic E-state index is 13.2. The number of hydrogen-bond acceptors (Lipinski definition) is 3. The van der Waals surface area contributed by atoms with E-state index in [-0.39, 0.29) is 5.56 Å². The number of para-hydroxylation sites is 1. The van der Waals surface area contributed by atoms with Gasteiger partial charge in [0.2, 0.25) is 6.10 Å². The molecule has 162 valence electrons. The van der Waals surface area contributed by atoms with Crippen molar-refractivity contribution in [3.8, 4) is 5.75 Å². The molecule has 1 atom stereocenters. The average molecular weight is 424 g/mol. The van der Waals surface area contributed by atoms with Crippen LogP contribution in [0.15, 0.2) is 42.5 Å². The Morgan fingerprint density at radius 1 is 1.07 bits per heavy atom. The standard InChI is InChI=1S/C21H23F3N2O4/c1-12-11-13(9-10-15(12)25-19(29)26-20(2,3)4)17(18(27)28)30-16-8-6-5-7-14(16)21(22,23)24/h5-11,17H,1-4H3,(H,27,28)(H2,25,26,29). The lowest BCUT2D eigenvalue weighted by molar-refractivity contribution is -0.148. The summed E-state index contributed by atoms with van der Waals surface area (Å²) in [5.74, 6) is -2.03. The third kappa shape index (κ3) is 6.13. The molecule has 0 bridgehead atoms. The molecule has 9 heteroatoms. The van der Waals surface area contributed by atoms with E-state index in [0.29, 0.717) is 11.3 Å². The van der Waals surface area contributed by atoms with Gasteiger partial charge in [-0.1, -0.05) is 18.2 Å². The number of carboxylic acid groups (broad SMARTS) is 1. The minimum absolute atomic E-state index is 0.138. The van der Waals surface area contributed by atoms with Gasteiger partial charge in [0.1, 0.15) is 5.75 Å². The Kier molecular flexibility index (Phi) is 6.64. The summed E-state index contributed by atoms with van der Waals surface area (Å²) in [6.45, 7) is 7.08. The lowest BCUT2D eigenvalue weighted by Gasteiger charge is -2.22. The Bertz CT molecular complexity index is 937. The molecule has 0 heterocycles. The molecular weight excluding hydrogens is 401 g/mol. The van der Waals surface area contributed by atoms with Crippen LogP contribution in [0, 0.1) is 6.92 Å². The van der Waals surface area contributed by atoms with E-state index in [1.807, 2.05) is 20.8 Å². The molecule has 0 radical (unpaired) electrons. The molecule has 0 saturated heterocycles. The Hall–Kier alpha value is -3.23. The molecule has 0 aromatic heterocycles. The van der Waals surface area contributed by atoms with Gasteiger partial charge in [0.15, 0.2) is 0 Å². The average Bonchev–Trinajstić information content (AvgIpc) is 2.59. The number of rotatable bonds is 5. The number of anilines is 1. The minimum Gasteiger partial charge on any atom is -0.478 e. The van der Waals surface area contributed by atoms with Gasteiger partial charge in [0, 0.05) is 16.8 Å². The van der Waals surface area contributed by atoms with Gasteiger partial charge in [0.05, 0.1) is 5.56 Å². The van der Waals surface area contributed by atoms with E-state index in [0.717, 1.165) is 12.1 Å². The summed E-state index contributed by atoms with van der Waals surface area (Å²) in [4.78, 5) is 23.7. The number of halogens is 3. The predicted molar refractivity (Wildman–Crippen MR) is 106 cm³/mol. The summed E-state index contributed by atoms with van der Waals surface area (Å²) >= 11 is 0. The lowest BCUT2D eigenvalue weighted by Crippen LogP contribution is -2.43. The fourth-order valence-electron chi connectivity index (χ4n) is 2.68. The largest absolute Gasteiger partial charge is 0.478 e. The number of urea groups is 1. The molecule has 2 amide bonds. The molecule has 0 saturated carbocycles. The Labute approximate surface area is 172 Å². The van der Waals surface area contributed by atoms with Crippen molar-refractivity contribution in [2.45, 2.75) is 45.5 Å². The molecule has 2 rings (SSSR count). The predicted octanol–water partition coefficient (Wildman–Crippen LogP) is 5.14. The quantitative estimate of drug-likeness (QED) is 0.620.